The van der Waals surface area contributed by atoms with Crippen LogP contribution in [0.15, 0.2) is 18.2 Å². The summed E-state index contributed by atoms with van der Waals surface area (Å²) >= 11 is 0. The van der Waals surface area contributed by atoms with Gasteiger partial charge in [-0.2, -0.15) is 0 Å². The zero-order valence-corrected chi connectivity index (χ0v) is 8.82. The molecule has 0 spiro atoms. The molecule has 0 aliphatic rings. The second-order valence-electron chi connectivity index (χ2n) is 2.96. The van der Waals surface area contributed by atoms with Gasteiger partial charge in [0, 0.05) is 0 Å². The number of aryl methyl sites for hydroxylation is 1. The summed E-state index contributed by atoms with van der Waals surface area (Å²) < 4.78 is 15.7. The van der Waals surface area contributed by atoms with Gasteiger partial charge in [0.2, 0.25) is 6.03 Å². The largest absolute Gasteiger partial charge is 0.440 e. The average molecular weight is 214 g/mol. The molecular weight excluding hydrogens is 203 g/mol. The van der Waals surface area contributed by atoms with Crippen LogP contribution in [0.4, 0.5) is 0 Å². The van der Waals surface area contributed by atoms with Gasteiger partial charge in [0.05, 0.1) is 0 Å². The van der Waals surface area contributed by atoms with Gasteiger partial charge in [-0.15, -0.1) is 0 Å². The second-order valence-corrected chi connectivity index (χ2v) is 4.48. The van der Waals surface area contributed by atoms with Gasteiger partial charge in [-0.05, 0) is 31.0 Å². The molecule has 0 saturated carbocycles. The van der Waals surface area contributed by atoms with E-state index in [0.717, 1.165) is 11.1 Å². The minimum Gasteiger partial charge on any atom is -0.419 e. The van der Waals surface area contributed by atoms with Crippen LogP contribution in [0.3, 0.4) is 0 Å². The maximum absolute atomic E-state index is 11.0. The molecule has 0 bridgehead atoms. The molecule has 0 radical (unpaired) electrons. The van der Waals surface area contributed by atoms with E-state index in [-0.39, 0.29) is 11.8 Å². The van der Waals surface area contributed by atoms with Crippen molar-refractivity contribution in [3.63, 3.8) is 0 Å². The maximum Gasteiger partial charge on any atom is 0.440 e. The van der Waals surface area contributed by atoms with E-state index in [0.29, 0.717) is 0 Å². The number of hydrogen-bond donors (Lipinski definition) is 1. The lowest BCUT2D eigenvalue weighted by molar-refractivity contribution is 0.390. The Balaban J connectivity index is 3.04. The topological polar surface area (TPSA) is 63.6 Å². The molecule has 1 unspecified atom stereocenters. The van der Waals surface area contributed by atoms with Gasteiger partial charge in [0.15, 0.2) is 0 Å². The smallest absolute Gasteiger partial charge is 0.419 e. The lowest BCUT2D eigenvalue weighted by atomic mass is 10.1. The molecule has 1 aromatic rings. The molecule has 0 saturated heterocycles. The van der Waals surface area contributed by atoms with Crippen molar-refractivity contribution in [1.82, 2.24) is 0 Å². The Kier molecular flexibility index (Phi) is 3.09. The van der Waals surface area contributed by atoms with Crippen molar-refractivity contribution in [3.05, 3.63) is 29.3 Å². The molecule has 4 nitrogen and oxygen atoms in total. The molecule has 0 amide bonds. The van der Waals surface area contributed by atoms with Crippen molar-refractivity contribution in [2.24, 2.45) is 0 Å². The number of carbonyl (C=O) groups excluding carboxylic acids is 1. The van der Waals surface area contributed by atoms with Crippen molar-refractivity contribution in [2.45, 2.75) is 13.8 Å². The number of hydrogen-bond acceptors (Lipinski definition) is 3. The van der Waals surface area contributed by atoms with Gasteiger partial charge in [0.25, 0.3) is 0 Å². The second kappa shape index (κ2) is 3.95. The van der Waals surface area contributed by atoms with Crippen molar-refractivity contribution < 1.29 is 18.8 Å². The normalized spacial score (nSPS) is 14.5. The van der Waals surface area contributed by atoms with E-state index in [2.05, 4.69) is 0 Å². The predicted molar refractivity (Wildman–Crippen MR) is 53.1 cm³/mol. The molecule has 1 N–H and O–H groups in total. The van der Waals surface area contributed by atoms with E-state index >= 15 is 0 Å². The van der Waals surface area contributed by atoms with Gasteiger partial charge >= 0.3 is 7.60 Å². The highest BCUT2D eigenvalue weighted by Gasteiger charge is 2.20. The van der Waals surface area contributed by atoms with E-state index in [1.807, 2.05) is 13.0 Å². The Morgan fingerprint density at radius 3 is 2.64 bits per heavy atom. The Hall–Kier alpha value is -1.12. The highest BCUT2D eigenvalue weighted by atomic mass is 31.2. The summed E-state index contributed by atoms with van der Waals surface area (Å²) in [4.78, 5) is 19.1. The first-order chi connectivity index (χ1) is 6.46. The lowest BCUT2D eigenvalue weighted by Crippen LogP contribution is -1.95. The summed E-state index contributed by atoms with van der Waals surface area (Å²) in [7, 11) is -4.12. The summed E-state index contributed by atoms with van der Waals surface area (Å²) in [5.41, 5.74) is 1.69. The third-order valence-corrected chi connectivity index (χ3v) is 2.64. The van der Waals surface area contributed by atoms with E-state index < -0.39 is 7.60 Å². The van der Waals surface area contributed by atoms with Gasteiger partial charge < -0.3 is 9.42 Å². The standard InChI is InChI=1S/C9H11O4P/c1-7-4-3-5-9(8(7)2)13-14(11,12)6-10/h3-6H,1-2H3,(H,11,12). The fourth-order valence-electron chi connectivity index (χ4n) is 0.986. The van der Waals surface area contributed by atoms with E-state index in [1.165, 1.54) is 0 Å². The summed E-state index contributed by atoms with van der Waals surface area (Å²) in [6.45, 7) is 3.61. The zero-order chi connectivity index (χ0) is 10.8. The molecule has 1 atom stereocenters. The zero-order valence-electron chi connectivity index (χ0n) is 7.93. The Morgan fingerprint density at radius 2 is 2.07 bits per heavy atom. The average Bonchev–Trinajstić information content (AvgIpc) is 2.13. The van der Waals surface area contributed by atoms with Crippen LogP contribution in [0.5, 0.6) is 5.75 Å². The lowest BCUT2D eigenvalue weighted by Gasteiger charge is -2.11. The van der Waals surface area contributed by atoms with E-state index in [1.54, 1.807) is 19.1 Å². The Morgan fingerprint density at radius 1 is 1.43 bits per heavy atom. The molecule has 0 heterocycles. The van der Waals surface area contributed by atoms with Crippen molar-refractivity contribution in [3.8, 4) is 5.75 Å². The van der Waals surface area contributed by atoms with Gasteiger partial charge in [-0.1, -0.05) is 12.1 Å². The van der Waals surface area contributed by atoms with Crippen LogP contribution >= 0.6 is 7.60 Å². The molecule has 0 aliphatic heterocycles. The predicted octanol–water partition coefficient (Wildman–Crippen LogP) is 2.06. The Labute approximate surface area is 82.1 Å². The van der Waals surface area contributed by atoms with Crippen LogP contribution in [-0.2, 0) is 9.36 Å². The minimum atomic E-state index is -4.12. The van der Waals surface area contributed by atoms with Crippen LogP contribution in [0.2, 0.25) is 0 Å². The highest BCUT2D eigenvalue weighted by Crippen LogP contribution is 2.40. The molecule has 5 heteroatoms. The van der Waals surface area contributed by atoms with Crippen LogP contribution in [0, 0.1) is 13.8 Å². The third kappa shape index (κ3) is 2.44. The summed E-state index contributed by atoms with van der Waals surface area (Å²) in [6, 6.07) is 5.03. The fraction of sp³-hybridized carbons (Fsp3) is 0.222. The Bertz CT molecular complexity index is 400. The van der Waals surface area contributed by atoms with Crippen molar-refractivity contribution in [1.29, 1.82) is 0 Å². The van der Waals surface area contributed by atoms with Gasteiger partial charge in [0.1, 0.15) is 5.75 Å². The summed E-state index contributed by atoms with van der Waals surface area (Å²) in [5.74, 6) is 0.267. The molecule has 0 aromatic heterocycles. The molecule has 0 fully saturated rings. The van der Waals surface area contributed by atoms with Gasteiger partial charge in [-0.25, -0.2) is 4.57 Å². The first-order valence-corrected chi connectivity index (χ1v) is 5.65. The highest BCUT2D eigenvalue weighted by molar-refractivity contribution is 7.68. The number of rotatable bonds is 3. The van der Waals surface area contributed by atoms with E-state index in [9.17, 15) is 9.36 Å². The number of carbonyl (C=O) groups is 1. The molecular formula is C9H11O4P. The van der Waals surface area contributed by atoms with Crippen LogP contribution in [0.1, 0.15) is 11.1 Å². The first kappa shape index (κ1) is 11.0. The number of benzene rings is 1. The SMILES string of the molecule is Cc1cccc(OP(=O)(O)C=O)c1C. The van der Waals surface area contributed by atoms with Crippen LogP contribution in [0.25, 0.3) is 0 Å². The van der Waals surface area contributed by atoms with E-state index in [4.69, 9.17) is 9.42 Å². The molecule has 1 rings (SSSR count). The first-order valence-electron chi connectivity index (χ1n) is 4.01. The van der Waals surface area contributed by atoms with Crippen LogP contribution in [-0.4, -0.2) is 10.9 Å². The van der Waals surface area contributed by atoms with Crippen molar-refractivity contribution in [2.75, 3.05) is 0 Å². The molecule has 0 aliphatic carbocycles. The monoisotopic (exact) mass is 214 g/mol. The minimum absolute atomic E-state index is 0.0746. The van der Waals surface area contributed by atoms with Crippen LogP contribution < -0.4 is 4.52 Å². The molecule has 14 heavy (non-hydrogen) atoms. The summed E-state index contributed by atoms with van der Waals surface area (Å²) in [5, 5.41) is 0. The van der Waals surface area contributed by atoms with Crippen molar-refractivity contribution >= 4 is 13.6 Å². The third-order valence-electron chi connectivity index (χ3n) is 1.92. The maximum atomic E-state index is 11.0. The molecule has 1 aromatic carbocycles. The molecule has 76 valence electrons. The fourth-order valence-corrected chi connectivity index (χ4v) is 1.51. The quantitative estimate of drug-likeness (QED) is 0.617. The van der Waals surface area contributed by atoms with Gasteiger partial charge in [-0.3, -0.25) is 4.79 Å². The summed E-state index contributed by atoms with van der Waals surface area (Å²) in [6.07, 6.45) is 0.